The molecule has 0 bridgehead atoms. The molecule has 4 rings (SSSR count). The van der Waals surface area contributed by atoms with Gasteiger partial charge in [-0.3, -0.25) is 0 Å². The van der Waals surface area contributed by atoms with Crippen LogP contribution in [0.2, 0.25) is 0 Å². The van der Waals surface area contributed by atoms with Crippen molar-refractivity contribution in [3.8, 4) is 0 Å². The van der Waals surface area contributed by atoms with Crippen molar-refractivity contribution in [3.63, 3.8) is 0 Å². The second kappa shape index (κ2) is 4.35. The van der Waals surface area contributed by atoms with Gasteiger partial charge in [0.05, 0.1) is 17.2 Å². The molecule has 0 fully saturated rings. The van der Waals surface area contributed by atoms with E-state index >= 15 is 0 Å². The van der Waals surface area contributed by atoms with Crippen molar-refractivity contribution in [3.05, 3.63) is 66.6 Å². The fraction of sp³-hybridized carbons (Fsp3) is 0. The lowest BCUT2D eigenvalue weighted by Gasteiger charge is -1.95. The van der Waals surface area contributed by atoms with Gasteiger partial charge >= 0.3 is 0 Å². The molecule has 2 aromatic carbocycles. The molecule has 0 atom stereocenters. The summed E-state index contributed by atoms with van der Waals surface area (Å²) in [6.45, 7) is 0. The van der Waals surface area contributed by atoms with Gasteiger partial charge in [-0.1, -0.05) is 30.3 Å². The Bertz CT molecular complexity index is 838. The van der Waals surface area contributed by atoms with Crippen molar-refractivity contribution >= 4 is 28.2 Å². The molecule has 20 heavy (non-hydrogen) atoms. The number of nitrogens with one attached hydrogen (secondary N) is 1. The van der Waals surface area contributed by atoms with E-state index < -0.39 is 0 Å². The number of hydrogen-bond acceptors (Lipinski definition) is 2. The van der Waals surface area contributed by atoms with Gasteiger partial charge in [0.15, 0.2) is 0 Å². The van der Waals surface area contributed by atoms with E-state index in [9.17, 15) is 0 Å². The van der Waals surface area contributed by atoms with Crippen molar-refractivity contribution in [2.75, 3.05) is 0 Å². The van der Waals surface area contributed by atoms with Crippen molar-refractivity contribution in [1.82, 2.24) is 14.6 Å². The Labute approximate surface area is 115 Å². The van der Waals surface area contributed by atoms with Crippen LogP contribution in [0.5, 0.6) is 0 Å². The van der Waals surface area contributed by atoms with Gasteiger partial charge in [-0.15, -0.1) is 0 Å². The highest BCUT2D eigenvalue weighted by Crippen LogP contribution is 2.16. The van der Waals surface area contributed by atoms with Gasteiger partial charge in [0.2, 0.25) is 0 Å². The van der Waals surface area contributed by atoms with Gasteiger partial charge in [-0.25, -0.2) is 9.66 Å². The van der Waals surface area contributed by atoms with Gasteiger partial charge in [-0.2, -0.15) is 5.10 Å². The molecule has 2 aromatic heterocycles. The van der Waals surface area contributed by atoms with E-state index in [1.807, 2.05) is 48.8 Å². The zero-order valence-corrected chi connectivity index (χ0v) is 10.7. The Morgan fingerprint density at radius 2 is 1.90 bits per heavy atom. The number of aromatic nitrogens is 3. The predicted octanol–water partition coefficient (Wildman–Crippen LogP) is 3.40. The van der Waals surface area contributed by atoms with E-state index in [2.05, 4.69) is 27.2 Å². The molecule has 0 aliphatic rings. The number of H-pyrrole nitrogens is 1. The lowest BCUT2D eigenvalue weighted by atomic mass is 10.2. The zero-order valence-electron chi connectivity index (χ0n) is 10.7. The highest BCUT2D eigenvalue weighted by molar-refractivity contribution is 5.99. The predicted molar refractivity (Wildman–Crippen MR) is 81.0 cm³/mol. The molecule has 4 nitrogen and oxygen atoms in total. The number of aromatic amines is 1. The summed E-state index contributed by atoms with van der Waals surface area (Å²) in [6, 6.07) is 16.1. The third-order valence-corrected chi connectivity index (χ3v) is 3.38. The molecule has 4 heteroatoms. The average Bonchev–Trinajstić information content (AvgIpc) is 3.09. The summed E-state index contributed by atoms with van der Waals surface area (Å²) in [5.41, 5.74) is 4.13. The van der Waals surface area contributed by atoms with E-state index in [0.717, 1.165) is 22.1 Å². The van der Waals surface area contributed by atoms with Gasteiger partial charge in [0.25, 0.3) is 0 Å². The summed E-state index contributed by atoms with van der Waals surface area (Å²) in [4.78, 5) is 7.56. The first-order valence-corrected chi connectivity index (χ1v) is 6.44. The Morgan fingerprint density at radius 3 is 2.90 bits per heavy atom. The van der Waals surface area contributed by atoms with Crippen LogP contribution in [0.4, 0.5) is 0 Å². The maximum absolute atomic E-state index is 4.50. The monoisotopic (exact) mass is 260 g/mol. The summed E-state index contributed by atoms with van der Waals surface area (Å²) >= 11 is 0. The second-order valence-corrected chi connectivity index (χ2v) is 4.61. The summed E-state index contributed by atoms with van der Waals surface area (Å²) < 4.78 is 1.79. The van der Waals surface area contributed by atoms with E-state index in [4.69, 9.17) is 0 Å². The molecule has 96 valence electrons. The number of rotatable bonds is 2. The number of imidazole rings is 1. The Kier molecular flexibility index (Phi) is 2.39. The van der Waals surface area contributed by atoms with Crippen molar-refractivity contribution in [2.24, 2.45) is 5.10 Å². The first-order valence-electron chi connectivity index (χ1n) is 6.44. The van der Waals surface area contributed by atoms with E-state index in [1.165, 1.54) is 5.39 Å². The van der Waals surface area contributed by atoms with Crippen molar-refractivity contribution in [1.29, 1.82) is 0 Å². The van der Waals surface area contributed by atoms with E-state index in [1.54, 1.807) is 11.0 Å². The summed E-state index contributed by atoms with van der Waals surface area (Å²) in [6.07, 6.45) is 5.55. The maximum atomic E-state index is 4.50. The van der Waals surface area contributed by atoms with Crippen LogP contribution in [0.15, 0.2) is 66.2 Å². The van der Waals surface area contributed by atoms with Gasteiger partial charge in [0.1, 0.15) is 6.33 Å². The Balaban J connectivity index is 1.78. The van der Waals surface area contributed by atoms with Crippen molar-refractivity contribution in [2.45, 2.75) is 0 Å². The Hall–Kier alpha value is -2.88. The smallest absolute Gasteiger partial charge is 0.118 e. The molecular formula is C16H12N4. The lowest BCUT2D eigenvalue weighted by molar-refractivity contribution is 0.915. The first kappa shape index (κ1) is 11.0. The lowest BCUT2D eigenvalue weighted by Crippen LogP contribution is -1.87. The number of benzene rings is 2. The SMILES string of the molecule is C(=N\n1cnc2ccccc21)/c1c[nH]c2ccccc12. The van der Waals surface area contributed by atoms with Crippen molar-refractivity contribution < 1.29 is 0 Å². The quantitative estimate of drug-likeness (QED) is 0.552. The minimum atomic E-state index is 0.948. The molecule has 0 unspecified atom stereocenters. The van der Waals surface area contributed by atoms with Gasteiger partial charge in [-0.05, 0) is 18.2 Å². The molecular weight excluding hydrogens is 248 g/mol. The highest BCUT2D eigenvalue weighted by Gasteiger charge is 2.01. The number of para-hydroxylation sites is 3. The third kappa shape index (κ3) is 1.70. The summed E-state index contributed by atoms with van der Waals surface area (Å²) in [5.74, 6) is 0. The molecule has 0 amide bonds. The second-order valence-electron chi connectivity index (χ2n) is 4.61. The third-order valence-electron chi connectivity index (χ3n) is 3.38. The van der Waals surface area contributed by atoms with Crippen LogP contribution in [0.25, 0.3) is 21.9 Å². The first-order chi connectivity index (χ1) is 9.92. The average molecular weight is 260 g/mol. The molecule has 0 aliphatic carbocycles. The fourth-order valence-electron chi connectivity index (χ4n) is 2.36. The molecule has 1 N–H and O–H groups in total. The topological polar surface area (TPSA) is 46.0 Å². The van der Waals surface area contributed by atoms with Crippen LogP contribution in [0.1, 0.15) is 5.56 Å². The van der Waals surface area contributed by atoms with Gasteiger partial charge in [0, 0.05) is 22.7 Å². The molecule has 2 heterocycles. The molecule has 4 aromatic rings. The summed E-state index contributed by atoms with van der Waals surface area (Å²) in [7, 11) is 0. The number of fused-ring (bicyclic) bond motifs is 2. The number of nitrogens with zero attached hydrogens (tertiary/aromatic N) is 3. The maximum Gasteiger partial charge on any atom is 0.118 e. The van der Waals surface area contributed by atoms with Crippen LogP contribution in [-0.4, -0.2) is 20.9 Å². The zero-order chi connectivity index (χ0) is 13.4. The summed E-state index contributed by atoms with van der Waals surface area (Å²) in [5, 5.41) is 5.66. The van der Waals surface area contributed by atoms with E-state index in [-0.39, 0.29) is 0 Å². The van der Waals surface area contributed by atoms with Crippen LogP contribution in [0.3, 0.4) is 0 Å². The normalized spacial score (nSPS) is 11.8. The van der Waals surface area contributed by atoms with E-state index in [0.29, 0.717) is 0 Å². The van der Waals surface area contributed by atoms with Gasteiger partial charge < -0.3 is 4.98 Å². The van der Waals surface area contributed by atoms with Crippen LogP contribution in [-0.2, 0) is 0 Å². The van der Waals surface area contributed by atoms with Crippen LogP contribution in [0, 0.1) is 0 Å². The molecule has 0 aliphatic heterocycles. The minimum Gasteiger partial charge on any atom is -0.361 e. The largest absolute Gasteiger partial charge is 0.361 e. The molecule has 0 spiro atoms. The standard InChI is InChI=1S/C16H12N4/c1-2-6-14-13(5-1)12(9-17-14)10-19-20-11-18-15-7-3-4-8-16(15)20/h1-11,17H/b19-10+. The number of hydrogen-bond donors (Lipinski definition) is 1. The molecule has 0 saturated heterocycles. The molecule has 0 radical (unpaired) electrons. The highest BCUT2D eigenvalue weighted by atomic mass is 15.4. The fourth-order valence-corrected chi connectivity index (χ4v) is 2.36. The molecule has 0 saturated carbocycles. The minimum absolute atomic E-state index is 0.948. The Morgan fingerprint density at radius 1 is 1.05 bits per heavy atom. The van der Waals surface area contributed by atoms with Crippen LogP contribution >= 0.6 is 0 Å². The van der Waals surface area contributed by atoms with Crippen LogP contribution < -0.4 is 0 Å².